The standard InChI is InChI=1S/C13H21N3O3.ClH/c1-18-9-11-7-12(16-19-11)13(17)15-6-4-10-3-2-5-14-8-10;/h7,10,14H,2-6,8-9H2,1H3,(H,15,17);1H. The number of nitrogens with zero attached hydrogens (tertiary/aromatic N) is 1. The number of piperidine rings is 1. The van der Waals surface area contributed by atoms with Gasteiger partial charge in [0, 0.05) is 19.7 Å². The van der Waals surface area contributed by atoms with Gasteiger partial charge in [-0.2, -0.15) is 0 Å². The van der Waals surface area contributed by atoms with Crippen molar-refractivity contribution in [3.8, 4) is 0 Å². The molecule has 2 rings (SSSR count). The molecule has 0 saturated carbocycles. The number of nitrogens with one attached hydrogen (secondary N) is 2. The van der Waals surface area contributed by atoms with Crippen LogP contribution < -0.4 is 10.6 Å². The SMILES string of the molecule is COCc1cc(C(=O)NCCC2CCCNC2)no1.Cl. The van der Waals surface area contributed by atoms with Crippen LogP contribution in [-0.4, -0.2) is 37.8 Å². The topological polar surface area (TPSA) is 76.4 Å². The molecular formula is C13H22ClN3O3. The van der Waals surface area contributed by atoms with Crippen LogP contribution in [-0.2, 0) is 11.3 Å². The van der Waals surface area contributed by atoms with Gasteiger partial charge in [0.25, 0.3) is 5.91 Å². The number of carbonyl (C=O) groups excluding carboxylic acids is 1. The van der Waals surface area contributed by atoms with Crippen molar-refractivity contribution >= 4 is 18.3 Å². The first kappa shape index (κ1) is 16.9. The zero-order chi connectivity index (χ0) is 13.5. The molecule has 0 bridgehead atoms. The Morgan fingerprint density at radius 3 is 3.20 bits per heavy atom. The number of halogens is 1. The molecule has 1 unspecified atom stereocenters. The van der Waals surface area contributed by atoms with Gasteiger partial charge in [-0.25, -0.2) is 0 Å². The van der Waals surface area contributed by atoms with Crippen molar-refractivity contribution in [3.63, 3.8) is 0 Å². The number of hydrogen-bond acceptors (Lipinski definition) is 5. The van der Waals surface area contributed by atoms with Crippen LogP contribution >= 0.6 is 12.4 Å². The average molecular weight is 304 g/mol. The largest absolute Gasteiger partial charge is 0.377 e. The number of hydrogen-bond donors (Lipinski definition) is 2. The zero-order valence-electron chi connectivity index (χ0n) is 11.7. The van der Waals surface area contributed by atoms with E-state index in [1.54, 1.807) is 13.2 Å². The molecule has 1 atom stereocenters. The zero-order valence-corrected chi connectivity index (χ0v) is 12.5. The Morgan fingerprint density at radius 2 is 2.50 bits per heavy atom. The number of ether oxygens (including phenoxy) is 1. The molecule has 1 saturated heterocycles. The summed E-state index contributed by atoms with van der Waals surface area (Å²) in [6.45, 7) is 3.17. The van der Waals surface area contributed by atoms with Crippen LogP contribution in [0, 0.1) is 5.92 Å². The van der Waals surface area contributed by atoms with Crippen LogP contribution in [0.1, 0.15) is 35.5 Å². The maximum absolute atomic E-state index is 11.8. The Balaban J connectivity index is 0.00000200. The van der Waals surface area contributed by atoms with Gasteiger partial charge < -0.3 is 19.9 Å². The Hall–Kier alpha value is -1.11. The fraction of sp³-hybridized carbons (Fsp3) is 0.692. The summed E-state index contributed by atoms with van der Waals surface area (Å²) in [5, 5.41) is 9.96. The number of amides is 1. The fourth-order valence-electron chi connectivity index (χ4n) is 2.28. The van der Waals surface area contributed by atoms with Gasteiger partial charge in [-0.3, -0.25) is 4.79 Å². The molecule has 1 amide bonds. The first-order valence-electron chi connectivity index (χ1n) is 6.73. The van der Waals surface area contributed by atoms with Gasteiger partial charge in [0.1, 0.15) is 6.61 Å². The molecule has 0 aliphatic carbocycles. The summed E-state index contributed by atoms with van der Waals surface area (Å²) in [5.41, 5.74) is 0.314. The molecule has 2 N–H and O–H groups in total. The van der Waals surface area contributed by atoms with E-state index in [1.165, 1.54) is 12.8 Å². The molecule has 1 aliphatic rings. The minimum absolute atomic E-state index is 0. The quantitative estimate of drug-likeness (QED) is 0.830. The van der Waals surface area contributed by atoms with E-state index in [9.17, 15) is 4.79 Å². The van der Waals surface area contributed by atoms with Gasteiger partial charge in [-0.1, -0.05) is 5.16 Å². The summed E-state index contributed by atoms with van der Waals surface area (Å²) in [4.78, 5) is 11.8. The summed E-state index contributed by atoms with van der Waals surface area (Å²) in [5.74, 6) is 1.04. The molecule has 1 aromatic rings. The van der Waals surface area contributed by atoms with Crippen LogP contribution in [0.2, 0.25) is 0 Å². The monoisotopic (exact) mass is 303 g/mol. The maximum atomic E-state index is 11.8. The molecular weight excluding hydrogens is 282 g/mol. The lowest BCUT2D eigenvalue weighted by Crippen LogP contribution is -2.33. The van der Waals surface area contributed by atoms with Gasteiger partial charge >= 0.3 is 0 Å². The lowest BCUT2D eigenvalue weighted by Gasteiger charge is -2.22. The predicted molar refractivity (Wildman–Crippen MR) is 77.0 cm³/mol. The Bertz CT molecular complexity index is 405. The molecule has 0 radical (unpaired) electrons. The highest BCUT2D eigenvalue weighted by atomic mass is 35.5. The van der Waals surface area contributed by atoms with Crippen LogP contribution in [0.25, 0.3) is 0 Å². The van der Waals surface area contributed by atoms with E-state index in [1.807, 2.05) is 0 Å². The summed E-state index contributed by atoms with van der Waals surface area (Å²) in [6, 6.07) is 1.61. The van der Waals surface area contributed by atoms with E-state index in [4.69, 9.17) is 9.26 Å². The second-order valence-electron chi connectivity index (χ2n) is 4.87. The van der Waals surface area contributed by atoms with Crippen LogP contribution in [0.4, 0.5) is 0 Å². The molecule has 1 fully saturated rings. The second kappa shape index (κ2) is 8.94. The van der Waals surface area contributed by atoms with Gasteiger partial charge in [-0.05, 0) is 38.3 Å². The molecule has 114 valence electrons. The summed E-state index contributed by atoms with van der Waals surface area (Å²) < 4.78 is 9.89. The molecule has 6 nitrogen and oxygen atoms in total. The van der Waals surface area contributed by atoms with E-state index in [0.29, 0.717) is 30.5 Å². The van der Waals surface area contributed by atoms with Crippen LogP contribution in [0.15, 0.2) is 10.6 Å². The summed E-state index contributed by atoms with van der Waals surface area (Å²) in [7, 11) is 1.57. The number of rotatable bonds is 6. The smallest absolute Gasteiger partial charge is 0.273 e. The van der Waals surface area contributed by atoms with Crippen molar-refractivity contribution in [2.75, 3.05) is 26.7 Å². The molecule has 1 aliphatic heterocycles. The van der Waals surface area contributed by atoms with Gasteiger partial charge in [0.15, 0.2) is 11.5 Å². The highest BCUT2D eigenvalue weighted by Gasteiger charge is 2.15. The van der Waals surface area contributed by atoms with Crippen molar-refractivity contribution in [3.05, 3.63) is 17.5 Å². The van der Waals surface area contributed by atoms with Gasteiger partial charge in [0.2, 0.25) is 0 Å². The van der Waals surface area contributed by atoms with E-state index < -0.39 is 0 Å². The minimum atomic E-state index is -0.185. The second-order valence-corrected chi connectivity index (χ2v) is 4.87. The molecule has 0 aromatic carbocycles. The van der Waals surface area contributed by atoms with Crippen molar-refractivity contribution in [1.29, 1.82) is 0 Å². The molecule has 2 heterocycles. The lowest BCUT2D eigenvalue weighted by atomic mass is 9.96. The highest BCUT2D eigenvalue weighted by Crippen LogP contribution is 2.13. The van der Waals surface area contributed by atoms with E-state index in [-0.39, 0.29) is 18.3 Å². The van der Waals surface area contributed by atoms with E-state index in [2.05, 4.69) is 15.8 Å². The lowest BCUT2D eigenvalue weighted by molar-refractivity contribution is 0.0941. The third kappa shape index (κ3) is 5.11. The van der Waals surface area contributed by atoms with E-state index in [0.717, 1.165) is 19.5 Å². The normalized spacial score (nSPS) is 18.4. The molecule has 20 heavy (non-hydrogen) atoms. The summed E-state index contributed by atoms with van der Waals surface area (Å²) in [6.07, 6.45) is 3.47. The van der Waals surface area contributed by atoms with Crippen molar-refractivity contribution in [2.24, 2.45) is 5.92 Å². The third-order valence-corrected chi connectivity index (χ3v) is 3.32. The highest BCUT2D eigenvalue weighted by molar-refractivity contribution is 5.92. The third-order valence-electron chi connectivity index (χ3n) is 3.32. The van der Waals surface area contributed by atoms with E-state index >= 15 is 0 Å². The molecule has 0 spiro atoms. The first-order valence-corrected chi connectivity index (χ1v) is 6.73. The van der Waals surface area contributed by atoms with Crippen molar-refractivity contribution in [1.82, 2.24) is 15.8 Å². The molecule has 7 heteroatoms. The minimum Gasteiger partial charge on any atom is -0.377 e. The number of carbonyl (C=O) groups is 1. The van der Waals surface area contributed by atoms with Crippen LogP contribution in [0.3, 0.4) is 0 Å². The van der Waals surface area contributed by atoms with Gasteiger partial charge in [-0.15, -0.1) is 12.4 Å². The van der Waals surface area contributed by atoms with Crippen LogP contribution in [0.5, 0.6) is 0 Å². The average Bonchev–Trinajstić information content (AvgIpc) is 2.89. The van der Waals surface area contributed by atoms with Gasteiger partial charge in [0.05, 0.1) is 0 Å². The van der Waals surface area contributed by atoms with Crippen molar-refractivity contribution < 1.29 is 14.1 Å². The Kier molecular flexibility index (Phi) is 7.58. The molecule has 1 aromatic heterocycles. The summed E-state index contributed by atoms with van der Waals surface area (Å²) >= 11 is 0. The maximum Gasteiger partial charge on any atom is 0.273 e. The number of aromatic nitrogens is 1. The Morgan fingerprint density at radius 1 is 1.65 bits per heavy atom. The Labute approximate surface area is 125 Å². The van der Waals surface area contributed by atoms with Crippen molar-refractivity contribution in [2.45, 2.75) is 25.9 Å². The predicted octanol–water partition coefficient (Wildman–Crippen LogP) is 1.36. The fourth-order valence-corrected chi connectivity index (χ4v) is 2.28. The first-order chi connectivity index (χ1) is 9.29. The number of methoxy groups -OCH3 is 1.